The predicted octanol–water partition coefficient (Wildman–Crippen LogP) is 5.50. The van der Waals surface area contributed by atoms with Gasteiger partial charge in [0.2, 0.25) is 0 Å². The first-order chi connectivity index (χ1) is 12.2. The summed E-state index contributed by atoms with van der Waals surface area (Å²) in [6.45, 7) is 9.70. The van der Waals surface area contributed by atoms with Crippen LogP contribution >= 0.6 is 23.4 Å². The fraction of sp³-hybridized carbons (Fsp3) is 0.300. The molecule has 6 heteroatoms. The van der Waals surface area contributed by atoms with E-state index in [1.54, 1.807) is 0 Å². The van der Waals surface area contributed by atoms with E-state index in [1.807, 2.05) is 65.0 Å². The molecule has 0 N–H and O–H groups in total. The summed E-state index contributed by atoms with van der Waals surface area (Å²) in [6, 6.07) is 7.71. The van der Waals surface area contributed by atoms with Gasteiger partial charge in [-0.2, -0.15) is 0 Å². The molecule has 1 saturated heterocycles. The van der Waals surface area contributed by atoms with Gasteiger partial charge in [0.05, 0.1) is 4.91 Å². The number of carbonyl (C=O) groups is 2. The number of amides is 2. The number of thioether (sulfide) groups is 1. The summed E-state index contributed by atoms with van der Waals surface area (Å²) in [6.07, 6.45) is 1.81. The van der Waals surface area contributed by atoms with Crippen LogP contribution in [0, 0.1) is 20.8 Å². The summed E-state index contributed by atoms with van der Waals surface area (Å²) in [5.41, 5.74) is 4.99. The largest absolute Gasteiger partial charge is 0.318 e. The van der Waals surface area contributed by atoms with E-state index in [0.717, 1.165) is 45.0 Å². The Bertz CT molecular complexity index is 944. The molecule has 1 aliphatic heterocycles. The van der Waals surface area contributed by atoms with Gasteiger partial charge in [0.25, 0.3) is 11.1 Å². The number of nitrogens with zero attached hydrogens (tertiary/aromatic N) is 2. The Labute approximate surface area is 162 Å². The number of aryl methyl sites for hydroxylation is 1. The highest BCUT2D eigenvalue weighted by molar-refractivity contribution is 8.18. The zero-order valence-electron chi connectivity index (χ0n) is 15.5. The second-order valence-corrected chi connectivity index (χ2v) is 8.09. The van der Waals surface area contributed by atoms with Crippen LogP contribution in [0.2, 0.25) is 5.02 Å². The quantitative estimate of drug-likeness (QED) is 0.652. The number of benzene rings is 1. The van der Waals surface area contributed by atoms with Gasteiger partial charge in [0.1, 0.15) is 0 Å². The van der Waals surface area contributed by atoms with E-state index in [9.17, 15) is 9.59 Å². The highest BCUT2D eigenvalue weighted by Gasteiger charge is 2.36. The van der Waals surface area contributed by atoms with Crippen LogP contribution in [0.5, 0.6) is 0 Å². The molecule has 0 spiro atoms. The first kappa shape index (κ1) is 18.8. The lowest BCUT2D eigenvalue weighted by atomic mass is 10.2. The third kappa shape index (κ3) is 3.10. The molecule has 0 saturated carbocycles. The Morgan fingerprint density at radius 2 is 1.85 bits per heavy atom. The fourth-order valence-electron chi connectivity index (χ4n) is 3.21. The third-order valence-corrected chi connectivity index (χ3v) is 5.87. The maximum absolute atomic E-state index is 12.5. The van der Waals surface area contributed by atoms with E-state index >= 15 is 0 Å². The Hall–Kier alpha value is -1.98. The normalized spacial score (nSPS) is 16.4. The Morgan fingerprint density at radius 1 is 1.15 bits per heavy atom. The SMILES string of the molecule is Cc1c(Cl)cccc1-n1c(C)cc(/C=C2/SC(=O)N(C(C)C)C2=O)c1C. The van der Waals surface area contributed by atoms with Crippen LogP contribution in [0.4, 0.5) is 4.79 Å². The molecule has 3 rings (SSSR count). The van der Waals surface area contributed by atoms with Gasteiger partial charge in [-0.05, 0) is 81.8 Å². The van der Waals surface area contributed by atoms with Gasteiger partial charge in [-0.1, -0.05) is 17.7 Å². The maximum Gasteiger partial charge on any atom is 0.293 e. The van der Waals surface area contributed by atoms with Crippen molar-refractivity contribution in [1.82, 2.24) is 9.47 Å². The van der Waals surface area contributed by atoms with Crippen LogP contribution in [0.25, 0.3) is 11.8 Å². The third-order valence-electron chi connectivity index (χ3n) is 4.58. The van der Waals surface area contributed by atoms with E-state index in [1.165, 1.54) is 4.90 Å². The predicted molar refractivity (Wildman–Crippen MR) is 108 cm³/mol. The van der Waals surface area contributed by atoms with Crippen molar-refractivity contribution in [2.75, 3.05) is 0 Å². The van der Waals surface area contributed by atoms with Crippen molar-refractivity contribution in [2.24, 2.45) is 0 Å². The highest BCUT2D eigenvalue weighted by Crippen LogP contribution is 2.35. The van der Waals surface area contributed by atoms with Crippen molar-refractivity contribution in [1.29, 1.82) is 0 Å². The molecular formula is C20H21ClN2O2S. The van der Waals surface area contributed by atoms with Crippen LogP contribution < -0.4 is 0 Å². The number of hydrogen-bond donors (Lipinski definition) is 0. The van der Waals surface area contributed by atoms with Gasteiger partial charge in [0.15, 0.2) is 0 Å². The average molecular weight is 389 g/mol. The van der Waals surface area contributed by atoms with Crippen LogP contribution in [0.1, 0.15) is 36.4 Å². The molecule has 2 heterocycles. The first-order valence-electron chi connectivity index (χ1n) is 8.44. The molecule has 1 aliphatic rings. The molecule has 2 amide bonds. The van der Waals surface area contributed by atoms with Crippen molar-refractivity contribution in [2.45, 2.75) is 40.7 Å². The van der Waals surface area contributed by atoms with Crippen molar-refractivity contribution in [3.05, 3.63) is 56.7 Å². The van der Waals surface area contributed by atoms with Gasteiger partial charge in [0, 0.05) is 28.1 Å². The minimum Gasteiger partial charge on any atom is -0.318 e. The molecule has 0 bridgehead atoms. The van der Waals surface area contributed by atoms with Crippen molar-refractivity contribution in [3.63, 3.8) is 0 Å². The minimum atomic E-state index is -0.223. The van der Waals surface area contributed by atoms with E-state index in [4.69, 9.17) is 11.6 Å². The van der Waals surface area contributed by atoms with Gasteiger partial charge in [-0.3, -0.25) is 14.5 Å². The van der Waals surface area contributed by atoms with Crippen molar-refractivity contribution in [3.8, 4) is 5.69 Å². The van der Waals surface area contributed by atoms with Crippen LogP contribution in [-0.4, -0.2) is 26.7 Å². The second-order valence-electron chi connectivity index (χ2n) is 6.69. The molecule has 1 fully saturated rings. The average Bonchev–Trinajstić information content (AvgIpc) is 2.99. The summed E-state index contributed by atoms with van der Waals surface area (Å²) in [4.78, 5) is 26.4. The molecule has 2 aromatic rings. The minimum absolute atomic E-state index is 0.144. The monoisotopic (exact) mass is 388 g/mol. The fourth-order valence-corrected chi connectivity index (χ4v) is 4.33. The van der Waals surface area contributed by atoms with Gasteiger partial charge < -0.3 is 4.57 Å². The van der Waals surface area contributed by atoms with Crippen LogP contribution in [0.15, 0.2) is 29.2 Å². The van der Waals surface area contributed by atoms with Gasteiger partial charge >= 0.3 is 0 Å². The zero-order valence-corrected chi connectivity index (χ0v) is 17.0. The molecule has 1 aromatic heterocycles. The number of rotatable bonds is 3. The van der Waals surface area contributed by atoms with E-state index in [-0.39, 0.29) is 17.2 Å². The molecule has 0 aliphatic carbocycles. The van der Waals surface area contributed by atoms with E-state index in [0.29, 0.717) is 4.91 Å². The first-order valence-corrected chi connectivity index (χ1v) is 9.63. The van der Waals surface area contributed by atoms with Gasteiger partial charge in [-0.15, -0.1) is 0 Å². The number of halogens is 1. The summed E-state index contributed by atoms with van der Waals surface area (Å²) in [5.74, 6) is -0.223. The lowest BCUT2D eigenvalue weighted by Gasteiger charge is -2.16. The van der Waals surface area contributed by atoms with Crippen LogP contribution in [0.3, 0.4) is 0 Å². The molecule has 136 valence electrons. The van der Waals surface area contributed by atoms with E-state index < -0.39 is 0 Å². The van der Waals surface area contributed by atoms with Crippen molar-refractivity contribution < 1.29 is 9.59 Å². The molecule has 26 heavy (non-hydrogen) atoms. The summed E-state index contributed by atoms with van der Waals surface area (Å²) < 4.78 is 2.12. The molecule has 0 atom stereocenters. The standard InChI is InChI=1S/C20H21ClN2O2S/c1-11(2)22-19(24)18(26-20(22)25)10-15-9-12(3)23(14(15)5)17-8-6-7-16(21)13(17)4/h6-11H,1-5H3/b18-10+. The second kappa shape index (κ2) is 6.97. The number of imide groups is 1. The lowest BCUT2D eigenvalue weighted by Crippen LogP contribution is -2.34. The summed E-state index contributed by atoms with van der Waals surface area (Å²) in [5, 5.41) is 0.505. The molecule has 0 unspecified atom stereocenters. The summed E-state index contributed by atoms with van der Waals surface area (Å²) in [7, 11) is 0. The van der Waals surface area contributed by atoms with E-state index in [2.05, 4.69) is 4.57 Å². The number of aromatic nitrogens is 1. The smallest absolute Gasteiger partial charge is 0.293 e. The maximum atomic E-state index is 12.5. The number of carbonyl (C=O) groups excluding carboxylic acids is 2. The van der Waals surface area contributed by atoms with Crippen molar-refractivity contribution >= 4 is 40.6 Å². The van der Waals surface area contributed by atoms with Crippen LogP contribution in [-0.2, 0) is 4.79 Å². The molecule has 1 aromatic carbocycles. The lowest BCUT2D eigenvalue weighted by molar-refractivity contribution is -0.123. The summed E-state index contributed by atoms with van der Waals surface area (Å²) >= 11 is 7.28. The highest BCUT2D eigenvalue weighted by atomic mass is 35.5. The molecular weight excluding hydrogens is 368 g/mol. The Morgan fingerprint density at radius 3 is 2.46 bits per heavy atom. The Kier molecular flexibility index (Phi) is 5.04. The number of hydrogen-bond acceptors (Lipinski definition) is 3. The Balaban J connectivity index is 2.06. The molecule has 0 radical (unpaired) electrons. The topological polar surface area (TPSA) is 42.3 Å². The molecule has 4 nitrogen and oxygen atoms in total. The van der Waals surface area contributed by atoms with Gasteiger partial charge in [-0.25, -0.2) is 0 Å². The zero-order chi connectivity index (χ0) is 19.2.